The Hall–Kier alpha value is -1.11. The zero-order chi connectivity index (χ0) is 12.9. The molecule has 0 aliphatic carbocycles. The molecule has 1 unspecified atom stereocenters. The molecule has 0 radical (unpaired) electrons. The average Bonchev–Trinajstić information content (AvgIpc) is 2.66. The number of hydrogen-bond acceptors (Lipinski definition) is 4. The van der Waals surface area contributed by atoms with Gasteiger partial charge in [0, 0.05) is 15.4 Å². The summed E-state index contributed by atoms with van der Waals surface area (Å²) in [5.74, 6) is -0.453. The number of amides is 1. The highest BCUT2D eigenvalue weighted by atomic mass is 35.7. The molecule has 1 aromatic heterocycles. The molecule has 2 heterocycles. The number of carbonyl (C=O) groups is 1. The Balaban J connectivity index is 2.09. The Morgan fingerprint density at radius 3 is 2.72 bits per heavy atom. The third-order valence-corrected chi connectivity index (χ3v) is 5.36. The van der Waals surface area contributed by atoms with Crippen LogP contribution in [0.4, 0.5) is 0 Å². The lowest BCUT2D eigenvalue weighted by Gasteiger charge is -2.36. The van der Waals surface area contributed by atoms with Crippen LogP contribution in [0.3, 0.4) is 0 Å². The smallest absolute Gasteiger partial charge is 0.274 e. The first kappa shape index (κ1) is 12.0. The van der Waals surface area contributed by atoms with E-state index in [2.05, 4.69) is 0 Å². The van der Waals surface area contributed by atoms with Gasteiger partial charge in [-0.2, -0.15) is 8.42 Å². The van der Waals surface area contributed by atoms with Crippen molar-refractivity contribution in [1.82, 2.24) is 4.31 Å². The van der Waals surface area contributed by atoms with Crippen molar-refractivity contribution in [3.63, 3.8) is 0 Å². The molecule has 1 aliphatic rings. The number of β-lactam (4-membered cyclic amide) rings is 1. The summed E-state index contributed by atoms with van der Waals surface area (Å²) >= 11 is 1.53. The molecule has 1 aromatic carbocycles. The van der Waals surface area contributed by atoms with Gasteiger partial charge in [0.1, 0.15) is 0 Å². The lowest BCUT2D eigenvalue weighted by molar-refractivity contribution is -0.137. The summed E-state index contributed by atoms with van der Waals surface area (Å²) in [4.78, 5) is 11.4. The maximum Gasteiger partial charge on any atom is 0.324 e. The van der Waals surface area contributed by atoms with Crippen LogP contribution < -0.4 is 0 Å². The molecule has 0 spiro atoms. The van der Waals surface area contributed by atoms with Crippen LogP contribution >= 0.6 is 22.0 Å². The third-order valence-electron chi connectivity index (χ3n) is 3.00. The zero-order valence-electron chi connectivity index (χ0n) is 9.04. The van der Waals surface area contributed by atoms with Crippen LogP contribution in [0.5, 0.6) is 0 Å². The maximum atomic E-state index is 11.4. The molecule has 1 aliphatic heterocycles. The SMILES string of the molecule is O=C1CC(c2csc3ccccc23)N1S(=O)(=O)Cl. The normalized spacial score (nSPS) is 20.2. The molecular formula is C11H8ClNO3S2. The van der Waals surface area contributed by atoms with E-state index in [1.165, 1.54) is 11.3 Å². The van der Waals surface area contributed by atoms with Gasteiger partial charge in [0.05, 0.1) is 12.5 Å². The van der Waals surface area contributed by atoms with Gasteiger partial charge in [-0.1, -0.05) is 18.2 Å². The Kier molecular flexibility index (Phi) is 2.62. The topological polar surface area (TPSA) is 54.5 Å². The Labute approximate surface area is 112 Å². The van der Waals surface area contributed by atoms with Crippen molar-refractivity contribution in [2.24, 2.45) is 0 Å². The number of fused-ring (bicyclic) bond motifs is 1. The van der Waals surface area contributed by atoms with E-state index in [-0.39, 0.29) is 6.42 Å². The fourth-order valence-corrected chi connectivity index (χ4v) is 4.50. The molecule has 1 atom stereocenters. The third kappa shape index (κ3) is 1.72. The van der Waals surface area contributed by atoms with E-state index in [0.717, 1.165) is 20.0 Å². The van der Waals surface area contributed by atoms with Gasteiger partial charge >= 0.3 is 9.24 Å². The van der Waals surface area contributed by atoms with E-state index in [4.69, 9.17) is 10.7 Å². The van der Waals surface area contributed by atoms with Gasteiger partial charge < -0.3 is 0 Å². The van der Waals surface area contributed by atoms with Crippen molar-refractivity contribution in [2.75, 3.05) is 0 Å². The van der Waals surface area contributed by atoms with Crippen LogP contribution in [0.2, 0.25) is 0 Å². The van der Waals surface area contributed by atoms with Crippen molar-refractivity contribution in [3.05, 3.63) is 35.2 Å². The van der Waals surface area contributed by atoms with Crippen molar-refractivity contribution >= 4 is 47.2 Å². The standard InChI is InChI=1S/C11H8ClNO3S2/c12-18(15,16)13-9(5-11(13)14)8-6-17-10-4-2-1-3-7(8)10/h1-4,6,9H,5H2. The van der Waals surface area contributed by atoms with E-state index in [0.29, 0.717) is 0 Å². The van der Waals surface area contributed by atoms with Gasteiger partial charge in [0.2, 0.25) is 5.91 Å². The van der Waals surface area contributed by atoms with E-state index in [9.17, 15) is 13.2 Å². The molecule has 0 N–H and O–H groups in total. The highest BCUT2D eigenvalue weighted by molar-refractivity contribution is 8.12. The summed E-state index contributed by atoms with van der Waals surface area (Å²) in [6.45, 7) is 0. The van der Waals surface area contributed by atoms with Crippen molar-refractivity contribution in [1.29, 1.82) is 0 Å². The van der Waals surface area contributed by atoms with E-state index in [1.54, 1.807) is 0 Å². The molecule has 2 aromatic rings. The van der Waals surface area contributed by atoms with Gasteiger partial charge in [0.25, 0.3) is 0 Å². The maximum absolute atomic E-state index is 11.4. The van der Waals surface area contributed by atoms with Gasteiger partial charge in [0.15, 0.2) is 0 Å². The second kappa shape index (κ2) is 3.94. The largest absolute Gasteiger partial charge is 0.324 e. The fraction of sp³-hybridized carbons (Fsp3) is 0.182. The molecule has 0 saturated carbocycles. The second-order valence-corrected chi connectivity index (χ2v) is 7.34. The Morgan fingerprint density at radius 1 is 1.33 bits per heavy atom. The summed E-state index contributed by atoms with van der Waals surface area (Å²) in [5, 5.41) is 2.86. The van der Waals surface area contributed by atoms with Gasteiger partial charge in [-0.15, -0.1) is 11.3 Å². The minimum absolute atomic E-state index is 0.187. The molecule has 0 bridgehead atoms. The number of benzene rings is 1. The van der Waals surface area contributed by atoms with E-state index < -0.39 is 21.2 Å². The summed E-state index contributed by atoms with van der Waals surface area (Å²) < 4.78 is 24.5. The molecule has 4 nitrogen and oxygen atoms in total. The minimum Gasteiger partial charge on any atom is -0.274 e. The van der Waals surface area contributed by atoms with E-state index in [1.807, 2.05) is 29.6 Å². The highest BCUT2D eigenvalue weighted by Gasteiger charge is 2.45. The summed E-state index contributed by atoms with van der Waals surface area (Å²) in [5.41, 5.74) is 0.847. The molecular weight excluding hydrogens is 294 g/mol. The van der Waals surface area contributed by atoms with Crippen molar-refractivity contribution in [2.45, 2.75) is 12.5 Å². The van der Waals surface area contributed by atoms with Crippen LogP contribution in [0.25, 0.3) is 10.1 Å². The first-order valence-electron chi connectivity index (χ1n) is 5.21. The van der Waals surface area contributed by atoms with Gasteiger partial charge in [-0.05, 0) is 22.4 Å². The molecule has 18 heavy (non-hydrogen) atoms. The van der Waals surface area contributed by atoms with Crippen LogP contribution in [-0.4, -0.2) is 18.6 Å². The monoisotopic (exact) mass is 301 g/mol. The zero-order valence-corrected chi connectivity index (χ0v) is 11.4. The summed E-state index contributed by atoms with van der Waals surface area (Å²) in [7, 11) is 1.27. The molecule has 1 amide bonds. The van der Waals surface area contributed by atoms with Crippen LogP contribution in [0, 0.1) is 0 Å². The summed E-state index contributed by atoms with van der Waals surface area (Å²) in [6.07, 6.45) is 0.187. The van der Waals surface area contributed by atoms with Gasteiger partial charge in [-0.3, -0.25) is 4.79 Å². The van der Waals surface area contributed by atoms with Crippen LogP contribution in [0.15, 0.2) is 29.6 Å². The van der Waals surface area contributed by atoms with Gasteiger partial charge in [-0.25, -0.2) is 4.31 Å². The lowest BCUT2D eigenvalue weighted by atomic mass is 9.97. The molecule has 1 fully saturated rings. The van der Waals surface area contributed by atoms with Crippen LogP contribution in [-0.2, 0) is 14.0 Å². The predicted octanol–water partition coefficient (Wildman–Crippen LogP) is 2.66. The van der Waals surface area contributed by atoms with Crippen molar-refractivity contribution < 1.29 is 13.2 Å². The minimum atomic E-state index is -4.00. The first-order valence-corrected chi connectivity index (χ1v) is 8.36. The Morgan fingerprint density at radius 2 is 2.06 bits per heavy atom. The quantitative estimate of drug-likeness (QED) is 0.633. The van der Waals surface area contributed by atoms with E-state index >= 15 is 0 Å². The number of rotatable bonds is 2. The molecule has 94 valence electrons. The predicted molar refractivity (Wildman–Crippen MR) is 70.8 cm³/mol. The first-order chi connectivity index (χ1) is 8.48. The molecule has 3 rings (SSSR count). The molecule has 1 saturated heterocycles. The number of thiophene rings is 1. The number of hydrogen-bond donors (Lipinski definition) is 0. The lowest BCUT2D eigenvalue weighted by Crippen LogP contribution is -2.47. The second-order valence-electron chi connectivity index (χ2n) is 4.04. The molecule has 7 heteroatoms. The number of nitrogens with zero attached hydrogens (tertiary/aromatic N) is 1. The Bertz CT molecular complexity index is 738. The van der Waals surface area contributed by atoms with Crippen LogP contribution in [0.1, 0.15) is 18.0 Å². The summed E-state index contributed by atoms with van der Waals surface area (Å²) in [6, 6.07) is 7.23. The number of halogens is 1. The highest BCUT2D eigenvalue weighted by Crippen LogP contribution is 2.42. The average molecular weight is 302 g/mol. The number of carbonyl (C=O) groups excluding carboxylic acids is 1. The van der Waals surface area contributed by atoms with Crippen molar-refractivity contribution in [3.8, 4) is 0 Å². The fourth-order valence-electron chi connectivity index (χ4n) is 2.17.